The monoisotopic (exact) mass is 951 g/mol. The van der Waals surface area contributed by atoms with E-state index in [4.69, 9.17) is 19.9 Å². The number of aliphatic carboxylic acids is 1. The van der Waals surface area contributed by atoms with Crippen LogP contribution >= 0.6 is 0 Å². The molecule has 69 heavy (non-hydrogen) atoms. The maximum Gasteiger partial charge on any atom is 0.508 e. The number of anilines is 1. The van der Waals surface area contributed by atoms with E-state index in [1.54, 1.807) is 0 Å². The van der Waals surface area contributed by atoms with Gasteiger partial charge in [0.25, 0.3) is 0 Å². The Morgan fingerprint density at radius 3 is 2.51 bits per heavy atom. The number of carboxylic acids is 1. The molecule has 11 heteroatoms. The Morgan fingerprint density at radius 2 is 1.77 bits per heavy atom. The molecule has 0 spiro atoms. The first-order valence-corrected chi connectivity index (χ1v) is 26.9. The number of carbonyl (C=O) groups excluding carboxylic acids is 2. The number of carbonyl (C=O) groups is 3. The minimum Gasteiger partial charge on any atom is -0.481 e. The number of carboxylic acid groups (broad SMARTS) is 1. The number of benzene rings is 1. The molecule has 0 aliphatic heterocycles. The quantitative estimate of drug-likeness (QED) is 0.0796. The number of hydrogen-bond acceptors (Lipinski definition) is 10. The van der Waals surface area contributed by atoms with Gasteiger partial charge < -0.3 is 40.2 Å². The van der Waals surface area contributed by atoms with E-state index < -0.39 is 23.8 Å². The van der Waals surface area contributed by atoms with E-state index >= 15 is 0 Å². The van der Waals surface area contributed by atoms with Gasteiger partial charge in [-0.05, 0) is 184 Å². The standard InChI is InChI=1S/C58H82N2O9/c1-7-23-58(66)25-22-46-43-16-12-37-30-40(61)15-17-42(37)52(43)44(34-56(46,58)4)36-10-13-39(14-11-36)60(6)27-29-67-41-21-24-55(3)38(31-41)32-49(69-54(65)68-28-8-26-59)53-47-19-18-45(35(2)9-20-51(63)64)57(47,5)50(62)33-48(53)55/h10-14,35,38,41,43-50,53,62,66H,8-9,15-22,24-34,59H2,1-6H3,(H,63,64)/t35-,38+,41+,43?,44-,45-,46?,47+,48+,49-,50+,53+,55+,56+,57-,58+/m1/s1. The van der Waals surface area contributed by atoms with Crippen LogP contribution in [0.3, 0.4) is 0 Å². The number of ketones is 1. The Morgan fingerprint density at radius 1 is 0.986 bits per heavy atom. The summed E-state index contributed by atoms with van der Waals surface area (Å²) in [5.74, 6) is 7.80. The summed E-state index contributed by atoms with van der Waals surface area (Å²) in [5, 5.41) is 33.9. The van der Waals surface area contributed by atoms with Gasteiger partial charge in [0, 0.05) is 55.8 Å². The summed E-state index contributed by atoms with van der Waals surface area (Å²) in [6, 6.07) is 9.05. The van der Waals surface area contributed by atoms with E-state index in [1.165, 1.54) is 22.3 Å². The third-order valence-electron chi connectivity index (χ3n) is 20.8. The number of rotatable bonds is 14. The van der Waals surface area contributed by atoms with Crippen LogP contribution < -0.4 is 10.6 Å². The molecule has 7 saturated carbocycles. The highest BCUT2D eigenvalue weighted by atomic mass is 16.7. The van der Waals surface area contributed by atoms with Crippen LogP contribution in [0.15, 0.2) is 47.1 Å². The number of aliphatic hydroxyl groups is 2. The van der Waals surface area contributed by atoms with Gasteiger partial charge in [-0.25, -0.2) is 4.79 Å². The van der Waals surface area contributed by atoms with Crippen LogP contribution in [0.25, 0.3) is 0 Å². The van der Waals surface area contributed by atoms with E-state index in [9.17, 15) is 29.7 Å². The maximum absolute atomic E-state index is 13.3. The lowest BCUT2D eigenvalue weighted by molar-refractivity contribution is -0.211. The highest BCUT2D eigenvalue weighted by Crippen LogP contribution is 2.70. The van der Waals surface area contributed by atoms with Crippen molar-refractivity contribution in [2.24, 2.45) is 69.3 Å². The predicted octanol–water partition coefficient (Wildman–Crippen LogP) is 9.77. The van der Waals surface area contributed by atoms with Gasteiger partial charge in [0.1, 0.15) is 17.5 Å². The summed E-state index contributed by atoms with van der Waals surface area (Å²) >= 11 is 0. The number of ether oxygens (including phenoxy) is 3. The normalized spacial score (nSPS) is 40.3. The molecule has 0 saturated heterocycles. The van der Waals surface area contributed by atoms with Crippen LogP contribution in [0.4, 0.5) is 10.5 Å². The predicted molar refractivity (Wildman–Crippen MR) is 266 cm³/mol. The van der Waals surface area contributed by atoms with Crippen molar-refractivity contribution in [3.8, 4) is 11.8 Å². The Labute approximate surface area is 411 Å². The second kappa shape index (κ2) is 19.7. The van der Waals surface area contributed by atoms with Gasteiger partial charge in [-0.3, -0.25) is 9.59 Å². The molecule has 0 bridgehead atoms. The van der Waals surface area contributed by atoms with Crippen molar-refractivity contribution in [2.75, 3.05) is 38.3 Å². The largest absolute Gasteiger partial charge is 0.508 e. The summed E-state index contributed by atoms with van der Waals surface area (Å²) in [7, 11) is 2.13. The van der Waals surface area contributed by atoms with E-state index in [-0.39, 0.29) is 82.9 Å². The minimum absolute atomic E-state index is 0.0428. The molecule has 11 nitrogen and oxygen atoms in total. The van der Waals surface area contributed by atoms with Gasteiger partial charge in [-0.15, -0.1) is 5.92 Å². The van der Waals surface area contributed by atoms with Crippen LogP contribution in [0.2, 0.25) is 0 Å². The number of likely N-dealkylation sites (N-methyl/N-ethyl adjacent to an activating group) is 1. The number of hydrogen-bond donors (Lipinski definition) is 4. The smallest absolute Gasteiger partial charge is 0.481 e. The van der Waals surface area contributed by atoms with Gasteiger partial charge >= 0.3 is 12.1 Å². The summed E-state index contributed by atoms with van der Waals surface area (Å²) in [4.78, 5) is 39.7. The average Bonchev–Trinajstić information content (AvgIpc) is 3.81. The summed E-state index contributed by atoms with van der Waals surface area (Å²) < 4.78 is 18.7. The van der Waals surface area contributed by atoms with E-state index in [1.807, 2.05) is 6.92 Å². The molecule has 2 unspecified atom stereocenters. The number of nitrogens with zero attached hydrogens (tertiary/aromatic N) is 1. The summed E-state index contributed by atoms with van der Waals surface area (Å²) in [6.07, 6.45) is 13.7. The SMILES string of the molecule is CC#C[C@]1(O)CCC2C3CC=C4CC(=O)CCC4=C3[C@@H](c3ccc(N(C)CCO[C@H]4CC[C@@]5(C)[C@@H](C4)C[C@@H](OC(=O)OCCCN)[C@@H]4[C@@H]5C[C@H](O)[C@]5(C)[C@@H]([C@H](C)CCC(=O)O)CC[C@@H]45)cc3)C[C@@]21C. The number of Topliss-reactive ketones (excluding diaryl/α,β-unsaturated/α-hetero) is 1. The molecule has 1 aromatic rings. The van der Waals surface area contributed by atoms with E-state index in [0.717, 1.165) is 76.4 Å². The first-order valence-electron chi connectivity index (χ1n) is 26.9. The second-order valence-electron chi connectivity index (χ2n) is 23.9. The lowest BCUT2D eigenvalue weighted by atomic mass is 9.43. The van der Waals surface area contributed by atoms with Crippen molar-refractivity contribution >= 4 is 23.6 Å². The maximum atomic E-state index is 13.3. The topological polar surface area (TPSA) is 169 Å². The molecule has 7 fully saturated rings. The minimum atomic E-state index is -1.01. The molecule has 0 amide bonds. The first kappa shape index (κ1) is 50.3. The molecule has 1 aromatic carbocycles. The molecule has 0 radical (unpaired) electrons. The summed E-state index contributed by atoms with van der Waals surface area (Å²) in [6.45, 7) is 12.9. The summed E-state index contributed by atoms with van der Waals surface area (Å²) in [5.41, 5.74) is 10.5. The third-order valence-corrected chi connectivity index (χ3v) is 20.8. The molecular weight excluding hydrogens is 869 g/mol. The lowest BCUT2D eigenvalue weighted by Gasteiger charge is -2.64. The molecule has 5 N–H and O–H groups in total. The third kappa shape index (κ3) is 8.92. The van der Waals surface area contributed by atoms with Crippen LogP contribution in [0, 0.1) is 75.4 Å². The second-order valence-corrected chi connectivity index (χ2v) is 23.9. The van der Waals surface area contributed by atoms with Crippen molar-refractivity contribution in [3.63, 3.8) is 0 Å². The van der Waals surface area contributed by atoms with Gasteiger partial charge in [0.05, 0.1) is 25.4 Å². The van der Waals surface area contributed by atoms with Gasteiger partial charge in [0.2, 0.25) is 0 Å². The van der Waals surface area contributed by atoms with E-state index in [2.05, 4.69) is 81.8 Å². The van der Waals surface area contributed by atoms with E-state index in [0.29, 0.717) is 69.3 Å². The zero-order chi connectivity index (χ0) is 49.0. The first-order chi connectivity index (χ1) is 32.9. The number of nitrogens with two attached hydrogens (primary N) is 1. The Kier molecular flexibility index (Phi) is 14.4. The van der Waals surface area contributed by atoms with Crippen LogP contribution in [0.5, 0.6) is 0 Å². The highest BCUT2D eigenvalue weighted by Gasteiger charge is 2.67. The molecule has 8 aliphatic rings. The number of allylic oxidation sites excluding steroid dienone is 4. The fourth-order valence-corrected chi connectivity index (χ4v) is 17.1. The lowest BCUT2D eigenvalue weighted by Crippen LogP contribution is -2.63. The van der Waals surface area contributed by atoms with Crippen LogP contribution in [0.1, 0.15) is 155 Å². The molecule has 0 aromatic heterocycles. The Balaban J connectivity index is 0.871. The van der Waals surface area contributed by atoms with Crippen molar-refractivity contribution in [1.82, 2.24) is 0 Å². The van der Waals surface area contributed by atoms with Gasteiger partial charge in [0.15, 0.2) is 0 Å². The van der Waals surface area contributed by atoms with Gasteiger partial charge in [-0.1, -0.05) is 57.4 Å². The van der Waals surface area contributed by atoms with Crippen molar-refractivity contribution < 1.29 is 43.9 Å². The van der Waals surface area contributed by atoms with Gasteiger partial charge in [-0.2, -0.15) is 0 Å². The van der Waals surface area contributed by atoms with Crippen LogP contribution in [-0.2, 0) is 23.8 Å². The molecule has 9 rings (SSSR count). The molecule has 16 atom stereocenters. The fourth-order valence-electron chi connectivity index (χ4n) is 17.1. The zero-order valence-electron chi connectivity index (χ0n) is 42.5. The fraction of sp³-hybridized carbons (Fsp3) is 0.741. The van der Waals surface area contributed by atoms with Crippen molar-refractivity contribution in [2.45, 2.75) is 174 Å². The molecular formula is C58H82N2O9. The highest BCUT2D eigenvalue weighted by molar-refractivity contribution is 5.84. The molecule has 378 valence electrons. The Hall–Kier alpha value is -3.69. The van der Waals surface area contributed by atoms with Crippen molar-refractivity contribution in [1.29, 1.82) is 0 Å². The molecule has 8 aliphatic carbocycles. The zero-order valence-corrected chi connectivity index (χ0v) is 42.5. The number of aliphatic hydroxyl groups excluding tert-OH is 1. The van der Waals surface area contributed by atoms with Crippen molar-refractivity contribution in [3.05, 3.63) is 52.6 Å². The molecule has 0 heterocycles. The average molecular weight is 951 g/mol. The Bertz CT molecular complexity index is 2230. The van der Waals surface area contributed by atoms with Crippen LogP contribution in [-0.4, -0.2) is 90.5 Å². The number of fused-ring (bicyclic) bond motifs is 9.